The normalized spacial score (nSPS) is 26.2. The molecule has 0 saturated heterocycles. The minimum absolute atomic E-state index is 0.00436. The van der Waals surface area contributed by atoms with Gasteiger partial charge in [-0.2, -0.15) is 0 Å². The Labute approximate surface area is 202 Å². The van der Waals surface area contributed by atoms with Gasteiger partial charge in [-0.3, -0.25) is 10.1 Å². The number of anilines is 1. The third kappa shape index (κ3) is 3.80. The molecule has 1 aliphatic carbocycles. The molecule has 0 aromatic heterocycles. The quantitative estimate of drug-likeness (QED) is 0.214. The molecule has 0 spiro atoms. The highest BCUT2D eigenvalue weighted by atomic mass is 79.9. The number of nitro benzene ring substituents is 1. The molecule has 3 aromatic carbocycles. The average molecular weight is 534 g/mol. The number of fused-ring (bicyclic) bond motifs is 3. The number of para-hydroxylation sites is 1. The van der Waals surface area contributed by atoms with Crippen molar-refractivity contribution in [2.75, 3.05) is 5.32 Å². The van der Waals surface area contributed by atoms with Crippen LogP contribution in [0.2, 0.25) is 0 Å². The molecule has 32 heavy (non-hydrogen) atoms. The van der Waals surface area contributed by atoms with Crippen molar-refractivity contribution in [2.45, 2.75) is 33.9 Å². The van der Waals surface area contributed by atoms with Crippen LogP contribution in [0.25, 0.3) is 0 Å². The van der Waals surface area contributed by atoms with E-state index in [0.717, 1.165) is 15.7 Å². The molecule has 0 amide bonds. The van der Waals surface area contributed by atoms with E-state index in [4.69, 9.17) is 11.6 Å². The number of halogens is 3. The first kappa shape index (κ1) is 21.7. The molecule has 4 nitrogen and oxygen atoms in total. The summed E-state index contributed by atoms with van der Waals surface area (Å²) in [4.78, 5) is 11.8. The molecule has 3 aromatic rings. The zero-order valence-electron chi connectivity index (χ0n) is 16.8. The highest BCUT2D eigenvalue weighted by Gasteiger charge is 2.50. The highest BCUT2D eigenvalue weighted by molar-refractivity contribution is 9.10. The summed E-state index contributed by atoms with van der Waals surface area (Å²) in [6, 6.07) is 19.4. The number of benzene rings is 3. The van der Waals surface area contributed by atoms with Crippen molar-refractivity contribution in [3.8, 4) is 0 Å². The lowest BCUT2D eigenvalue weighted by Crippen LogP contribution is -2.31. The van der Waals surface area contributed by atoms with Crippen molar-refractivity contribution in [3.63, 3.8) is 0 Å². The fourth-order valence-corrected chi connectivity index (χ4v) is 7.32. The van der Waals surface area contributed by atoms with Gasteiger partial charge in [0, 0.05) is 33.0 Å². The summed E-state index contributed by atoms with van der Waals surface area (Å²) in [7, 11) is 0. The molecule has 0 radical (unpaired) electrons. The van der Waals surface area contributed by atoms with Crippen LogP contribution in [0.1, 0.15) is 29.5 Å². The maximum atomic E-state index is 14.8. The lowest BCUT2D eigenvalue weighted by molar-refractivity contribution is -0.387. The van der Waals surface area contributed by atoms with E-state index in [0.29, 0.717) is 16.9 Å². The largest absolute Gasteiger partial charge is 0.378 e. The van der Waals surface area contributed by atoms with E-state index in [9.17, 15) is 14.5 Å². The van der Waals surface area contributed by atoms with Crippen LogP contribution in [-0.2, 0) is 0 Å². The zero-order valence-corrected chi connectivity index (χ0v) is 19.9. The summed E-state index contributed by atoms with van der Waals surface area (Å²) in [5.41, 5.74) is 2.76. The molecule has 5 rings (SSSR count). The molecule has 1 aliphatic heterocycles. The Morgan fingerprint density at radius 2 is 1.84 bits per heavy atom. The maximum absolute atomic E-state index is 14.8. The second-order valence-electron chi connectivity index (χ2n) is 8.13. The zero-order chi connectivity index (χ0) is 22.4. The Morgan fingerprint density at radius 3 is 2.62 bits per heavy atom. The smallest absolute Gasteiger partial charge is 0.282 e. The fourth-order valence-electron chi connectivity index (χ4n) is 4.99. The van der Waals surface area contributed by atoms with Gasteiger partial charge >= 0.3 is 0 Å². The van der Waals surface area contributed by atoms with E-state index >= 15 is 0 Å². The van der Waals surface area contributed by atoms with Crippen LogP contribution in [-0.4, -0.2) is 15.6 Å². The third-order valence-electron chi connectivity index (χ3n) is 6.36. The van der Waals surface area contributed by atoms with Gasteiger partial charge in [-0.05, 0) is 48.2 Å². The van der Waals surface area contributed by atoms with Crippen LogP contribution in [0.4, 0.5) is 15.8 Å². The van der Waals surface area contributed by atoms with Crippen LogP contribution in [0.15, 0.2) is 76.1 Å². The summed E-state index contributed by atoms with van der Waals surface area (Å²) < 4.78 is 15.8. The van der Waals surface area contributed by atoms with E-state index in [-0.39, 0.29) is 44.9 Å². The Balaban J connectivity index is 1.55. The molecule has 2 aliphatic rings. The van der Waals surface area contributed by atoms with Gasteiger partial charge in [0.05, 0.1) is 21.2 Å². The van der Waals surface area contributed by atoms with Crippen molar-refractivity contribution in [2.24, 2.45) is 5.92 Å². The number of nitrogens with one attached hydrogen (secondary N) is 1. The molecular weight excluding hydrogens is 515 g/mol. The second kappa shape index (κ2) is 8.69. The van der Waals surface area contributed by atoms with E-state index in [2.05, 4.69) is 27.3 Å². The van der Waals surface area contributed by atoms with Gasteiger partial charge in [-0.1, -0.05) is 46.3 Å². The summed E-state index contributed by atoms with van der Waals surface area (Å²) in [5, 5.41) is 14.8. The van der Waals surface area contributed by atoms with Crippen molar-refractivity contribution < 1.29 is 9.31 Å². The van der Waals surface area contributed by atoms with Crippen LogP contribution in [0.3, 0.4) is 0 Å². The standard InChI is InChI=1S/C24H19BrClFN2O2S/c25-13-9-10-18-15(11-13)22-16(24(28-18)14-5-1-2-6-17(14)27)12-21(23(22)26)32-20-8-4-3-7-19(20)29(30)31/h1-11,16,21-24,28H,12H2/t16-,21+,22-,23+,24-/m0/s1. The topological polar surface area (TPSA) is 55.2 Å². The summed E-state index contributed by atoms with van der Waals surface area (Å²) >= 11 is 12.1. The van der Waals surface area contributed by atoms with Crippen molar-refractivity contribution >= 4 is 50.7 Å². The van der Waals surface area contributed by atoms with Gasteiger partial charge in [0.15, 0.2) is 0 Å². The second-order valence-corrected chi connectivity index (χ2v) is 10.8. The molecular formula is C24H19BrClFN2O2S. The number of hydrogen-bond donors (Lipinski definition) is 1. The minimum atomic E-state index is -0.357. The number of thioether (sulfide) groups is 1. The Hall–Kier alpha value is -2.09. The molecule has 1 N–H and O–H groups in total. The highest BCUT2D eigenvalue weighted by Crippen LogP contribution is 2.58. The summed E-state index contributed by atoms with van der Waals surface area (Å²) in [6.07, 6.45) is 0.716. The molecule has 1 fully saturated rings. The van der Waals surface area contributed by atoms with Crippen LogP contribution >= 0.6 is 39.3 Å². The van der Waals surface area contributed by atoms with Crippen LogP contribution < -0.4 is 5.32 Å². The SMILES string of the molecule is O=[N+]([O-])c1ccccc1S[C@@H]1C[C@H]2[C@H](c3cc(Br)ccc3N[C@H]2c2ccccc2F)[C@@H]1Cl. The monoisotopic (exact) mass is 532 g/mol. The van der Waals surface area contributed by atoms with Gasteiger partial charge < -0.3 is 5.32 Å². The number of alkyl halides is 1. The van der Waals surface area contributed by atoms with E-state index in [1.54, 1.807) is 24.3 Å². The van der Waals surface area contributed by atoms with E-state index in [1.807, 2.05) is 24.3 Å². The van der Waals surface area contributed by atoms with E-state index < -0.39 is 0 Å². The van der Waals surface area contributed by atoms with Crippen LogP contribution in [0.5, 0.6) is 0 Å². The number of hydrogen-bond acceptors (Lipinski definition) is 4. The van der Waals surface area contributed by atoms with Gasteiger partial charge in [0.2, 0.25) is 0 Å². The Kier molecular flexibility index (Phi) is 5.90. The van der Waals surface area contributed by atoms with E-state index in [1.165, 1.54) is 23.9 Å². The predicted molar refractivity (Wildman–Crippen MR) is 130 cm³/mol. The van der Waals surface area contributed by atoms with Crippen molar-refractivity contribution in [1.82, 2.24) is 0 Å². The average Bonchev–Trinajstić information content (AvgIpc) is 3.10. The first-order valence-electron chi connectivity index (χ1n) is 10.3. The third-order valence-corrected chi connectivity index (χ3v) is 8.96. The summed E-state index contributed by atoms with van der Waals surface area (Å²) in [6.45, 7) is 0. The van der Waals surface area contributed by atoms with Gasteiger partial charge in [0.25, 0.3) is 5.69 Å². The molecule has 164 valence electrons. The van der Waals surface area contributed by atoms with Gasteiger partial charge in [-0.15, -0.1) is 23.4 Å². The number of nitrogens with zero attached hydrogens (tertiary/aromatic N) is 1. The molecule has 1 heterocycles. The molecule has 0 unspecified atom stereocenters. The maximum Gasteiger partial charge on any atom is 0.282 e. The fraction of sp³-hybridized carbons (Fsp3) is 0.250. The number of rotatable bonds is 4. The van der Waals surface area contributed by atoms with Crippen molar-refractivity contribution in [1.29, 1.82) is 0 Å². The first-order valence-corrected chi connectivity index (χ1v) is 12.4. The predicted octanol–water partition coefficient (Wildman–Crippen LogP) is 7.54. The molecule has 8 heteroatoms. The summed E-state index contributed by atoms with van der Waals surface area (Å²) in [5.74, 6) is -0.197. The Morgan fingerprint density at radius 1 is 1.09 bits per heavy atom. The van der Waals surface area contributed by atoms with Gasteiger partial charge in [0.1, 0.15) is 5.82 Å². The molecule has 0 bridgehead atoms. The number of nitro groups is 1. The Bertz CT molecular complexity index is 1200. The minimum Gasteiger partial charge on any atom is -0.378 e. The lowest BCUT2D eigenvalue weighted by atomic mass is 9.77. The molecule has 5 atom stereocenters. The lowest BCUT2D eigenvalue weighted by Gasteiger charge is -2.38. The first-order chi connectivity index (χ1) is 15.4. The van der Waals surface area contributed by atoms with Crippen molar-refractivity contribution in [3.05, 3.63) is 98.3 Å². The molecule has 1 saturated carbocycles. The van der Waals surface area contributed by atoms with Gasteiger partial charge in [-0.25, -0.2) is 4.39 Å². The van der Waals surface area contributed by atoms with Crippen LogP contribution in [0, 0.1) is 21.8 Å².